The van der Waals surface area contributed by atoms with Crippen molar-refractivity contribution in [3.63, 3.8) is 0 Å². The maximum Gasteiger partial charge on any atom is 0.256 e. The van der Waals surface area contributed by atoms with Gasteiger partial charge < -0.3 is 10.1 Å². The van der Waals surface area contributed by atoms with E-state index in [0.29, 0.717) is 27.8 Å². The maximum atomic E-state index is 12.7. The highest BCUT2D eigenvalue weighted by Crippen LogP contribution is 2.32. The number of carbonyl (C=O) groups is 1. The van der Waals surface area contributed by atoms with E-state index in [1.165, 1.54) is 0 Å². The first kappa shape index (κ1) is 17.1. The summed E-state index contributed by atoms with van der Waals surface area (Å²) in [6.45, 7) is 3.87. The Kier molecular flexibility index (Phi) is 5.05. The largest absolute Gasteiger partial charge is 0.455 e. The Morgan fingerprint density at radius 3 is 2.48 bits per heavy atom. The molecule has 1 amide bonds. The van der Waals surface area contributed by atoms with Crippen molar-refractivity contribution in [1.82, 2.24) is 0 Å². The van der Waals surface area contributed by atoms with Gasteiger partial charge in [-0.3, -0.25) is 4.79 Å². The highest BCUT2D eigenvalue weighted by molar-refractivity contribution is 6.31. The van der Waals surface area contributed by atoms with Gasteiger partial charge >= 0.3 is 0 Å². The summed E-state index contributed by atoms with van der Waals surface area (Å²) in [6, 6.07) is 20.3. The van der Waals surface area contributed by atoms with Gasteiger partial charge in [0.25, 0.3) is 5.91 Å². The van der Waals surface area contributed by atoms with Gasteiger partial charge in [-0.15, -0.1) is 0 Å². The first-order valence-corrected chi connectivity index (χ1v) is 8.32. The van der Waals surface area contributed by atoms with Gasteiger partial charge in [-0.05, 0) is 55.8 Å². The lowest BCUT2D eigenvalue weighted by atomic mass is 10.0. The number of hydrogen-bond acceptors (Lipinski definition) is 2. The van der Waals surface area contributed by atoms with Gasteiger partial charge in [-0.25, -0.2) is 0 Å². The van der Waals surface area contributed by atoms with Gasteiger partial charge in [0, 0.05) is 10.6 Å². The van der Waals surface area contributed by atoms with E-state index < -0.39 is 0 Å². The van der Waals surface area contributed by atoms with Crippen molar-refractivity contribution in [2.24, 2.45) is 0 Å². The number of anilines is 1. The fourth-order valence-corrected chi connectivity index (χ4v) is 2.65. The summed E-state index contributed by atoms with van der Waals surface area (Å²) in [5, 5.41) is 3.43. The number of nitrogens with one attached hydrogen (secondary N) is 1. The molecule has 0 heterocycles. The number of para-hydroxylation sites is 1. The molecule has 0 saturated heterocycles. The van der Waals surface area contributed by atoms with Crippen molar-refractivity contribution in [2.75, 3.05) is 5.32 Å². The van der Waals surface area contributed by atoms with Gasteiger partial charge in [0.2, 0.25) is 0 Å². The molecule has 0 unspecified atom stereocenters. The average molecular weight is 352 g/mol. The lowest BCUT2D eigenvalue weighted by Gasteiger charge is -2.14. The van der Waals surface area contributed by atoms with Crippen LogP contribution in [0, 0.1) is 13.8 Å². The molecule has 0 radical (unpaired) electrons. The third kappa shape index (κ3) is 4.20. The van der Waals surface area contributed by atoms with Crippen LogP contribution in [0.4, 0.5) is 5.69 Å². The van der Waals surface area contributed by atoms with E-state index in [1.54, 1.807) is 18.2 Å². The number of hydrogen-bond donors (Lipinski definition) is 1. The molecule has 0 bridgehead atoms. The molecule has 0 aromatic heterocycles. The molecule has 0 spiro atoms. The Labute approximate surface area is 152 Å². The van der Waals surface area contributed by atoms with Crippen molar-refractivity contribution < 1.29 is 9.53 Å². The van der Waals surface area contributed by atoms with Crippen molar-refractivity contribution in [3.05, 3.63) is 88.4 Å². The first-order chi connectivity index (χ1) is 12.0. The predicted molar refractivity (Wildman–Crippen MR) is 102 cm³/mol. The van der Waals surface area contributed by atoms with Crippen LogP contribution in [-0.4, -0.2) is 5.91 Å². The van der Waals surface area contributed by atoms with Crippen LogP contribution in [0.5, 0.6) is 11.5 Å². The van der Waals surface area contributed by atoms with E-state index in [4.69, 9.17) is 16.3 Å². The fraction of sp³-hybridized carbons (Fsp3) is 0.0952. The minimum absolute atomic E-state index is 0.193. The van der Waals surface area contributed by atoms with Crippen LogP contribution in [0.15, 0.2) is 66.7 Å². The number of benzene rings is 3. The van der Waals surface area contributed by atoms with Crippen molar-refractivity contribution in [3.8, 4) is 11.5 Å². The van der Waals surface area contributed by atoms with Gasteiger partial charge in [0.05, 0.1) is 5.69 Å². The van der Waals surface area contributed by atoms with Crippen LogP contribution in [-0.2, 0) is 0 Å². The maximum absolute atomic E-state index is 12.7. The summed E-state index contributed by atoms with van der Waals surface area (Å²) in [5.41, 5.74) is 3.10. The smallest absolute Gasteiger partial charge is 0.256 e. The first-order valence-electron chi connectivity index (χ1n) is 7.94. The zero-order valence-electron chi connectivity index (χ0n) is 14.0. The van der Waals surface area contributed by atoms with Gasteiger partial charge in [-0.2, -0.15) is 0 Å². The van der Waals surface area contributed by atoms with E-state index in [2.05, 4.69) is 5.32 Å². The topological polar surface area (TPSA) is 38.3 Å². The number of carbonyl (C=O) groups excluding carboxylic acids is 1. The molecular formula is C21H18ClNO2. The second kappa shape index (κ2) is 7.41. The number of ether oxygens (including phenoxy) is 1. The summed E-state index contributed by atoms with van der Waals surface area (Å²) < 4.78 is 5.88. The molecule has 0 aliphatic carbocycles. The SMILES string of the molecule is Cc1ccc(C)c(C(=O)Nc2cc(Cl)ccc2Oc2ccccc2)c1. The van der Waals surface area contributed by atoms with E-state index in [9.17, 15) is 4.79 Å². The summed E-state index contributed by atoms with van der Waals surface area (Å²) in [4.78, 5) is 12.7. The Morgan fingerprint density at radius 1 is 0.960 bits per heavy atom. The Morgan fingerprint density at radius 2 is 1.72 bits per heavy atom. The normalized spacial score (nSPS) is 10.4. The molecule has 4 heteroatoms. The molecule has 0 saturated carbocycles. The molecule has 1 N–H and O–H groups in total. The molecule has 3 nitrogen and oxygen atoms in total. The third-order valence-electron chi connectivity index (χ3n) is 3.80. The number of halogens is 1. The minimum Gasteiger partial charge on any atom is -0.455 e. The van der Waals surface area contributed by atoms with Crippen molar-refractivity contribution >= 4 is 23.2 Å². The van der Waals surface area contributed by atoms with Crippen molar-refractivity contribution in [2.45, 2.75) is 13.8 Å². The Bertz CT molecular complexity index is 907. The second-order valence-electron chi connectivity index (χ2n) is 5.83. The van der Waals surface area contributed by atoms with Gasteiger partial charge in [0.1, 0.15) is 5.75 Å². The van der Waals surface area contributed by atoms with Crippen LogP contribution < -0.4 is 10.1 Å². The molecule has 0 fully saturated rings. The van der Waals surface area contributed by atoms with E-state index >= 15 is 0 Å². The summed E-state index contributed by atoms with van der Waals surface area (Å²) in [5.74, 6) is 1.03. The molecule has 0 atom stereocenters. The molecule has 126 valence electrons. The zero-order chi connectivity index (χ0) is 17.8. The minimum atomic E-state index is -0.193. The average Bonchev–Trinajstić information content (AvgIpc) is 2.60. The number of aryl methyl sites for hydroxylation is 2. The van der Waals surface area contributed by atoms with E-state index in [0.717, 1.165) is 11.1 Å². The predicted octanol–water partition coefficient (Wildman–Crippen LogP) is 6.00. The molecule has 0 aliphatic heterocycles. The number of amides is 1. The lowest BCUT2D eigenvalue weighted by molar-refractivity contribution is 0.102. The summed E-state index contributed by atoms with van der Waals surface area (Å²) in [7, 11) is 0. The standard InChI is InChI=1S/C21H18ClNO2/c1-14-8-9-15(2)18(12-14)21(24)23-19-13-16(22)10-11-20(19)25-17-6-4-3-5-7-17/h3-13H,1-2H3,(H,23,24). The van der Waals surface area contributed by atoms with Crippen molar-refractivity contribution in [1.29, 1.82) is 0 Å². The summed E-state index contributed by atoms with van der Waals surface area (Å²) >= 11 is 6.10. The fourth-order valence-electron chi connectivity index (χ4n) is 2.47. The zero-order valence-corrected chi connectivity index (χ0v) is 14.8. The van der Waals surface area contributed by atoms with E-state index in [1.807, 2.05) is 62.4 Å². The van der Waals surface area contributed by atoms with Crippen LogP contribution >= 0.6 is 11.6 Å². The van der Waals surface area contributed by atoms with Crippen LogP contribution in [0.3, 0.4) is 0 Å². The monoisotopic (exact) mass is 351 g/mol. The highest BCUT2D eigenvalue weighted by Gasteiger charge is 2.13. The number of rotatable bonds is 4. The molecule has 3 aromatic carbocycles. The molecule has 3 aromatic rings. The van der Waals surface area contributed by atoms with Gasteiger partial charge in [0.15, 0.2) is 5.75 Å². The molecule has 3 rings (SSSR count). The van der Waals surface area contributed by atoms with E-state index in [-0.39, 0.29) is 5.91 Å². The lowest BCUT2D eigenvalue weighted by Crippen LogP contribution is -2.14. The summed E-state index contributed by atoms with van der Waals surface area (Å²) in [6.07, 6.45) is 0. The Hall–Kier alpha value is -2.78. The van der Waals surface area contributed by atoms with Crippen LogP contribution in [0.25, 0.3) is 0 Å². The van der Waals surface area contributed by atoms with Crippen LogP contribution in [0.1, 0.15) is 21.5 Å². The quantitative estimate of drug-likeness (QED) is 0.625. The molecule has 25 heavy (non-hydrogen) atoms. The Balaban J connectivity index is 1.90. The highest BCUT2D eigenvalue weighted by atomic mass is 35.5. The third-order valence-corrected chi connectivity index (χ3v) is 4.03. The van der Waals surface area contributed by atoms with Crippen LogP contribution in [0.2, 0.25) is 5.02 Å². The van der Waals surface area contributed by atoms with Gasteiger partial charge in [-0.1, -0.05) is 47.5 Å². The second-order valence-corrected chi connectivity index (χ2v) is 6.26. The molecular weight excluding hydrogens is 334 g/mol. The molecule has 0 aliphatic rings.